The second-order valence-corrected chi connectivity index (χ2v) is 5.83. The molecule has 0 atom stereocenters. The molecule has 0 aliphatic heterocycles. The first kappa shape index (κ1) is 17.6. The Balaban J connectivity index is 2.02. The molecule has 2 N–H and O–H groups in total. The van der Waals surface area contributed by atoms with Gasteiger partial charge in [-0.2, -0.15) is 18.3 Å². The molecule has 1 aromatic carbocycles. The normalized spacial score (nSPS) is 11.8. The quantitative estimate of drug-likeness (QED) is 0.509. The van der Waals surface area contributed by atoms with Gasteiger partial charge in [-0.25, -0.2) is 4.68 Å². The lowest BCUT2D eigenvalue weighted by atomic mass is 10.0. The van der Waals surface area contributed by atoms with Gasteiger partial charge in [0.25, 0.3) is 0 Å². The molecular weight excluding hydrogens is 379 g/mol. The summed E-state index contributed by atoms with van der Waals surface area (Å²) in [4.78, 5) is 16.7. The Kier molecular flexibility index (Phi) is 3.84. The topological polar surface area (TPSA) is 101 Å². The molecule has 0 bridgehead atoms. The molecule has 0 aliphatic rings. The molecule has 7 nitrogen and oxygen atoms in total. The Morgan fingerprint density at radius 3 is 2.57 bits per heavy atom. The molecule has 0 radical (unpaired) electrons. The highest BCUT2D eigenvalue weighted by molar-refractivity contribution is 5.88. The predicted octanol–water partition coefficient (Wildman–Crippen LogP) is 3.47. The maximum atomic E-state index is 13.6. The van der Waals surface area contributed by atoms with Gasteiger partial charge in [0.1, 0.15) is 0 Å². The van der Waals surface area contributed by atoms with Gasteiger partial charge in [-0.15, -0.1) is 0 Å². The van der Waals surface area contributed by atoms with E-state index >= 15 is 0 Å². The minimum atomic E-state index is -5.03. The van der Waals surface area contributed by atoms with Crippen LogP contribution in [0.4, 0.5) is 13.2 Å². The van der Waals surface area contributed by atoms with Gasteiger partial charge in [-0.3, -0.25) is 9.78 Å². The van der Waals surface area contributed by atoms with Crippen molar-refractivity contribution in [3.8, 4) is 28.3 Å². The molecule has 3 aromatic heterocycles. The number of aromatic nitrogens is 3. The van der Waals surface area contributed by atoms with Crippen LogP contribution in [0.25, 0.3) is 27.8 Å². The maximum Gasteiger partial charge on any atom is 0.450 e. The molecule has 0 saturated heterocycles. The number of alkyl halides is 3. The zero-order chi connectivity index (χ0) is 20.1. The zero-order valence-electron chi connectivity index (χ0n) is 13.8. The van der Waals surface area contributed by atoms with Crippen LogP contribution in [0.1, 0.15) is 5.76 Å². The number of fused-ring (bicyclic) bond motifs is 1. The fraction of sp³-hybridized carbons (Fsp3) is 0.0556. The van der Waals surface area contributed by atoms with E-state index in [0.29, 0.717) is 5.69 Å². The summed E-state index contributed by atoms with van der Waals surface area (Å²) < 4.78 is 46.9. The highest BCUT2D eigenvalue weighted by atomic mass is 19.4. The predicted molar refractivity (Wildman–Crippen MR) is 91.2 cm³/mol. The van der Waals surface area contributed by atoms with Crippen LogP contribution in [-0.2, 0) is 6.18 Å². The molecule has 28 heavy (non-hydrogen) atoms. The van der Waals surface area contributed by atoms with Gasteiger partial charge in [0.15, 0.2) is 11.3 Å². The average Bonchev–Trinajstić information content (AvgIpc) is 3.14. The van der Waals surface area contributed by atoms with Crippen LogP contribution in [0.2, 0.25) is 0 Å². The highest BCUT2D eigenvalue weighted by Crippen LogP contribution is 2.40. The van der Waals surface area contributed by atoms with Crippen molar-refractivity contribution in [1.82, 2.24) is 14.8 Å². The van der Waals surface area contributed by atoms with E-state index in [9.17, 15) is 28.2 Å². The van der Waals surface area contributed by atoms with Crippen molar-refractivity contribution < 1.29 is 27.8 Å². The van der Waals surface area contributed by atoms with Gasteiger partial charge < -0.3 is 14.6 Å². The van der Waals surface area contributed by atoms with Crippen LogP contribution in [-0.4, -0.2) is 25.0 Å². The number of pyridine rings is 1. The minimum Gasteiger partial charge on any atom is -0.504 e. The molecule has 0 fully saturated rings. The van der Waals surface area contributed by atoms with Crippen LogP contribution in [0.3, 0.4) is 0 Å². The first-order valence-electron chi connectivity index (χ1n) is 7.81. The lowest BCUT2D eigenvalue weighted by Gasteiger charge is -2.12. The van der Waals surface area contributed by atoms with Gasteiger partial charge in [-0.05, 0) is 24.3 Å². The van der Waals surface area contributed by atoms with Gasteiger partial charge in [0.05, 0.1) is 29.0 Å². The molecule has 0 saturated carbocycles. The van der Waals surface area contributed by atoms with Crippen molar-refractivity contribution in [2.24, 2.45) is 0 Å². The van der Waals surface area contributed by atoms with Gasteiger partial charge in [0.2, 0.25) is 16.9 Å². The molecule has 142 valence electrons. The largest absolute Gasteiger partial charge is 0.504 e. The number of benzene rings is 1. The van der Waals surface area contributed by atoms with E-state index in [1.165, 1.54) is 23.3 Å². The van der Waals surface area contributed by atoms with Crippen LogP contribution in [0.5, 0.6) is 11.5 Å². The van der Waals surface area contributed by atoms with Crippen molar-refractivity contribution in [2.45, 2.75) is 6.18 Å². The van der Waals surface area contributed by atoms with E-state index in [1.54, 1.807) is 12.1 Å². The molecule has 4 rings (SSSR count). The molecule has 0 amide bonds. The molecular formula is C18H10F3N3O4. The standard InChI is InChI=1S/C18H10F3N3O4/c19-18(20,21)17-13(9-6-23-24(8-9)10-2-1-5-22-7-10)14(26)11-3-4-12(25)15(27)16(11)28-17/h1-8,25,27H. The number of rotatable bonds is 2. The summed E-state index contributed by atoms with van der Waals surface area (Å²) >= 11 is 0. The second kappa shape index (κ2) is 6.12. The third-order valence-corrected chi connectivity index (χ3v) is 4.05. The Bertz CT molecular complexity index is 1250. The van der Waals surface area contributed by atoms with E-state index < -0.39 is 40.0 Å². The Hall–Kier alpha value is -3.82. The minimum absolute atomic E-state index is 0.126. The van der Waals surface area contributed by atoms with Crippen LogP contribution >= 0.6 is 0 Å². The third kappa shape index (κ3) is 2.75. The molecule has 0 aliphatic carbocycles. The van der Waals surface area contributed by atoms with Crippen LogP contribution < -0.4 is 5.43 Å². The summed E-state index contributed by atoms with van der Waals surface area (Å²) in [5.74, 6) is -3.25. The van der Waals surface area contributed by atoms with Crippen LogP contribution in [0.15, 0.2) is 58.3 Å². The number of halogens is 3. The first-order valence-corrected chi connectivity index (χ1v) is 7.81. The SMILES string of the molecule is O=c1c(-c2cnn(-c3cccnc3)c2)c(C(F)(F)F)oc2c(O)c(O)ccc12. The molecule has 3 heterocycles. The zero-order valence-corrected chi connectivity index (χ0v) is 13.8. The fourth-order valence-electron chi connectivity index (χ4n) is 2.78. The van der Waals surface area contributed by atoms with Crippen molar-refractivity contribution in [3.63, 3.8) is 0 Å². The van der Waals surface area contributed by atoms with Gasteiger partial charge in [0, 0.05) is 18.0 Å². The molecule has 0 unspecified atom stereocenters. The Morgan fingerprint density at radius 2 is 1.89 bits per heavy atom. The fourth-order valence-corrected chi connectivity index (χ4v) is 2.78. The number of nitrogens with zero attached hydrogens (tertiary/aromatic N) is 3. The molecule has 0 spiro atoms. The number of hydrogen-bond acceptors (Lipinski definition) is 6. The molecule has 10 heteroatoms. The molecule has 4 aromatic rings. The maximum absolute atomic E-state index is 13.6. The smallest absolute Gasteiger partial charge is 0.450 e. The van der Waals surface area contributed by atoms with E-state index in [2.05, 4.69) is 10.1 Å². The van der Waals surface area contributed by atoms with Gasteiger partial charge in [-0.1, -0.05) is 0 Å². The lowest BCUT2D eigenvalue weighted by Crippen LogP contribution is -2.15. The van der Waals surface area contributed by atoms with Crippen LogP contribution in [0, 0.1) is 0 Å². The van der Waals surface area contributed by atoms with Crippen molar-refractivity contribution >= 4 is 11.0 Å². The Labute approximate surface area is 153 Å². The van der Waals surface area contributed by atoms with E-state index in [4.69, 9.17) is 4.42 Å². The van der Waals surface area contributed by atoms with Crippen molar-refractivity contribution in [1.29, 1.82) is 0 Å². The summed E-state index contributed by atoms with van der Waals surface area (Å²) in [6, 6.07) is 5.33. The summed E-state index contributed by atoms with van der Waals surface area (Å²) in [6.07, 6.45) is 0.281. The lowest BCUT2D eigenvalue weighted by molar-refractivity contribution is -0.152. The number of phenolic OH excluding ortho intramolecular Hbond substituents is 2. The summed E-state index contributed by atoms with van der Waals surface area (Å²) in [5, 5.41) is 23.0. The third-order valence-electron chi connectivity index (χ3n) is 4.05. The van der Waals surface area contributed by atoms with E-state index in [0.717, 1.165) is 18.3 Å². The average molecular weight is 389 g/mol. The van der Waals surface area contributed by atoms with E-state index in [-0.39, 0.29) is 10.9 Å². The van der Waals surface area contributed by atoms with E-state index in [1.807, 2.05) is 0 Å². The number of phenols is 2. The van der Waals surface area contributed by atoms with Crippen molar-refractivity contribution in [2.75, 3.05) is 0 Å². The number of hydrogen-bond donors (Lipinski definition) is 2. The first-order chi connectivity index (χ1) is 13.3. The summed E-state index contributed by atoms with van der Waals surface area (Å²) in [6.45, 7) is 0. The number of aromatic hydroxyl groups is 2. The Morgan fingerprint density at radius 1 is 1.11 bits per heavy atom. The second-order valence-electron chi connectivity index (χ2n) is 5.83. The highest BCUT2D eigenvalue weighted by Gasteiger charge is 2.40. The van der Waals surface area contributed by atoms with Gasteiger partial charge >= 0.3 is 6.18 Å². The monoisotopic (exact) mass is 389 g/mol. The van der Waals surface area contributed by atoms with Crippen molar-refractivity contribution in [3.05, 3.63) is 65.0 Å². The summed E-state index contributed by atoms with van der Waals surface area (Å²) in [5.41, 5.74) is -2.16. The summed E-state index contributed by atoms with van der Waals surface area (Å²) in [7, 11) is 0.